The van der Waals surface area contributed by atoms with E-state index in [-0.39, 0.29) is 10.9 Å². The molecule has 0 amide bonds. The maximum Gasteiger partial charge on any atom is 0.238 e. The second-order valence-electron chi connectivity index (χ2n) is 4.82. The van der Waals surface area contributed by atoms with E-state index in [1.807, 2.05) is 25.3 Å². The molecule has 1 heterocycles. The van der Waals surface area contributed by atoms with Gasteiger partial charge in [-0.25, -0.2) is 18.5 Å². The minimum atomic E-state index is -3.67. The molecule has 3 N–H and O–H groups in total. The normalized spacial score (nSPS) is 13.3. The van der Waals surface area contributed by atoms with Gasteiger partial charge < -0.3 is 5.32 Å². The van der Waals surface area contributed by atoms with Crippen molar-refractivity contribution in [2.45, 2.75) is 37.8 Å². The largest absolute Gasteiger partial charge is 0.304 e. The summed E-state index contributed by atoms with van der Waals surface area (Å²) in [5.41, 5.74) is 1.91. The van der Waals surface area contributed by atoms with Crippen LogP contribution in [0.2, 0.25) is 0 Å². The Hall–Kier alpha value is -1.28. The lowest BCUT2D eigenvalue weighted by atomic mass is 10.0. The van der Waals surface area contributed by atoms with Gasteiger partial charge >= 0.3 is 0 Å². The zero-order valence-electron chi connectivity index (χ0n) is 12.0. The molecule has 7 heteroatoms. The summed E-state index contributed by atoms with van der Waals surface area (Å²) in [5.74, 6) is 0. The molecule has 2 aromatic rings. The summed E-state index contributed by atoms with van der Waals surface area (Å²) < 4.78 is 22.9. The number of aryl methyl sites for hydroxylation is 1. The van der Waals surface area contributed by atoms with E-state index in [2.05, 4.69) is 10.3 Å². The van der Waals surface area contributed by atoms with Crippen LogP contribution in [0.4, 0.5) is 0 Å². The Kier molecular flexibility index (Phi) is 5.10. The average Bonchev–Trinajstić information content (AvgIpc) is 2.85. The zero-order chi connectivity index (χ0) is 15.5. The number of sulfonamides is 1. The molecule has 0 aliphatic rings. The summed E-state index contributed by atoms with van der Waals surface area (Å²) in [7, 11) is -3.67. The Labute approximate surface area is 129 Å². The maximum atomic E-state index is 11.4. The van der Waals surface area contributed by atoms with Crippen LogP contribution in [0.15, 0.2) is 34.5 Å². The minimum Gasteiger partial charge on any atom is -0.304 e. The van der Waals surface area contributed by atoms with E-state index in [1.54, 1.807) is 23.5 Å². The van der Waals surface area contributed by atoms with Crippen molar-refractivity contribution < 1.29 is 8.42 Å². The van der Waals surface area contributed by atoms with Gasteiger partial charge in [0, 0.05) is 18.0 Å². The topological polar surface area (TPSA) is 85.1 Å². The van der Waals surface area contributed by atoms with Crippen LogP contribution in [0, 0.1) is 6.92 Å². The second-order valence-corrected chi connectivity index (χ2v) is 7.44. The molecule has 0 saturated carbocycles. The van der Waals surface area contributed by atoms with Crippen LogP contribution in [0.25, 0.3) is 0 Å². The number of nitrogens with two attached hydrogens (primary N) is 1. The number of thiazole rings is 1. The Morgan fingerprint density at radius 3 is 2.76 bits per heavy atom. The summed E-state index contributed by atoms with van der Waals surface area (Å²) in [6.07, 6.45) is 0.844. The fourth-order valence-electron chi connectivity index (χ4n) is 2.12. The Balaban J connectivity index is 2.14. The van der Waals surface area contributed by atoms with Crippen molar-refractivity contribution in [3.05, 3.63) is 45.9 Å². The second kappa shape index (κ2) is 6.65. The molecular weight excluding hydrogens is 306 g/mol. The third-order valence-electron chi connectivity index (χ3n) is 3.19. The lowest BCUT2D eigenvalue weighted by Gasteiger charge is -2.17. The third kappa shape index (κ3) is 4.34. The highest BCUT2D eigenvalue weighted by Gasteiger charge is 2.13. The fourth-order valence-corrected chi connectivity index (χ4v) is 3.30. The van der Waals surface area contributed by atoms with Gasteiger partial charge in [-0.1, -0.05) is 19.1 Å². The van der Waals surface area contributed by atoms with Gasteiger partial charge in [0.1, 0.15) is 0 Å². The van der Waals surface area contributed by atoms with E-state index >= 15 is 0 Å². The van der Waals surface area contributed by atoms with Crippen LogP contribution in [0.3, 0.4) is 0 Å². The highest BCUT2D eigenvalue weighted by molar-refractivity contribution is 7.89. The van der Waals surface area contributed by atoms with E-state index in [1.165, 1.54) is 6.07 Å². The van der Waals surface area contributed by atoms with Gasteiger partial charge in [-0.05, 0) is 31.0 Å². The maximum absolute atomic E-state index is 11.4. The van der Waals surface area contributed by atoms with Crippen LogP contribution < -0.4 is 10.5 Å². The summed E-state index contributed by atoms with van der Waals surface area (Å²) in [6, 6.07) is 6.82. The van der Waals surface area contributed by atoms with Gasteiger partial charge in [-0.3, -0.25) is 0 Å². The molecule has 0 unspecified atom stereocenters. The van der Waals surface area contributed by atoms with Gasteiger partial charge in [0.05, 0.1) is 15.6 Å². The van der Waals surface area contributed by atoms with E-state index in [0.717, 1.165) is 22.7 Å². The molecule has 0 aliphatic carbocycles. The number of hydrogen-bond acceptors (Lipinski definition) is 5. The first-order valence-corrected chi connectivity index (χ1v) is 9.10. The van der Waals surface area contributed by atoms with Crippen molar-refractivity contribution in [3.8, 4) is 0 Å². The first-order chi connectivity index (χ1) is 9.90. The molecule has 0 aliphatic heterocycles. The van der Waals surface area contributed by atoms with E-state index in [4.69, 9.17) is 5.14 Å². The van der Waals surface area contributed by atoms with E-state index in [9.17, 15) is 8.42 Å². The van der Waals surface area contributed by atoms with Crippen LogP contribution in [0.5, 0.6) is 0 Å². The molecule has 1 aromatic heterocycles. The molecule has 114 valence electrons. The van der Waals surface area contributed by atoms with E-state index < -0.39 is 10.0 Å². The average molecular weight is 325 g/mol. The SMILES string of the molecule is CC[C@@H](NCc1csc(C)n1)c1cccc(S(N)(=O)=O)c1. The number of hydrogen-bond donors (Lipinski definition) is 2. The Morgan fingerprint density at radius 1 is 1.43 bits per heavy atom. The van der Waals surface area contributed by atoms with E-state index in [0.29, 0.717) is 6.54 Å². The number of primary sulfonamides is 1. The van der Waals surface area contributed by atoms with Gasteiger partial charge in [-0.15, -0.1) is 11.3 Å². The van der Waals surface area contributed by atoms with Gasteiger partial charge in [-0.2, -0.15) is 0 Å². The zero-order valence-corrected chi connectivity index (χ0v) is 13.7. The standard InChI is InChI=1S/C14H19N3O2S2/c1-3-14(16-8-12-9-20-10(2)17-12)11-5-4-6-13(7-11)21(15,18)19/h4-7,9,14,16H,3,8H2,1-2H3,(H2,15,18,19)/t14-/m1/s1. The fraction of sp³-hybridized carbons (Fsp3) is 0.357. The quantitative estimate of drug-likeness (QED) is 0.853. The summed E-state index contributed by atoms with van der Waals surface area (Å²) in [6.45, 7) is 4.68. The highest BCUT2D eigenvalue weighted by atomic mass is 32.2. The number of nitrogens with one attached hydrogen (secondary N) is 1. The van der Waals surface area contributed by atoms with Crippen molar-refractivity contribution >= 4 is 21.4 Å². The molecule has 0 radical (unpaired) electrons. The predicted octanol–water partition coefficient (Wildman–Crippen LogP) is 2.34. The van der Waals surface area contributed by atoms with Gasteiger partial charge in [0.2, 0.25) is 10.0 Å². The Bertz CT molecular complexity index is 711. The lowest BCUT2D eigenvalue weighted by Crippen LogP contribution is -2.21. The van der Waals surface area contributed by atoms with Crippen LogP contribution >= 0.6 is 11.3 Å². The summed E-state index contributed by atoms with van der Waals surface area (Å²) >= 11 is 1.62. The summed E-state index contributed by atoms with van der Waals surface area (Å²) in [4.78, 5) is 4.55. The van der Waals surface area contributed by atoms with Gasteiger partial charge in [0.25, 0.3) is 0 Å². The molecule has 0 bridgehead atoms. The van der Waals surface area contributed by atoms with Crippen LogP contribution in [-0.2, 0) is 16.6 Å². The molecule has 0 saturated heterocycles. The summed E-state index contributed by atoms with van der Waals surface area (Å²) in [5, 5.41) is 11.6. The number of rotatable bonds is 6. The van der Waals surface area contributed by atoms with Crippen molar-refractivity contribution in [3.63, 3.8) is 0 Å². The molecular formula is C14H19N3O2S2. The molecule has 1 atom stereocenters. The molecule has 1 aromatic carbocycles. The van der Waals surface area contributed by atoms with Crippen molar-refractivity contribution in [2.75, 3.05) is 0 Å². The van der Waals surface area contributed by atoms with Crippen LogP contribution in [-0.4, -0.2) is 13.4 Å². The number of aromatic nitrogens is 1. The highest BCUT2D eigenvalue weighted by Crippen LogP contribution is 2.20. The van der Waals surface area contributed by atoms with Crippen LogP contribution in [0.1, 0.15) is 35.7 Å². The first-order valence-electron chi connectivity index (χ1n) is 6.67. The Morgan fingerprint density at radius 2 is 2.19 bits per heavy atom. The molecule has 21 heavy (non-hydrogen) atoms. The molecule has 2 rings (SSSR count). The van der Waals surface area contributed by atoms with Crippen molar-refractivity contribution in [1.29, 1.82) is 0 Å². The molecule has 0 fully saturated rings. The number of nitrogens with zero attached hydrogens (tertiary/aromatic N) is 1. The smallest absolute Gasteiger partial charge is 0.238 e. The van der Waals surface area contributed by atoms with Gasteiger partial charge in [0.15, 0.2) is 0 Å². The predicted molar refractivity (Wildman–Crippen MR) is 84.5 cm³/mol. The lowest BCUT2D eigenvalue weighted by molar-refractivity contribution is 0.514. The van der Waals surface area contributed by atoms with Crippen molar-refractivity contribution in [1.82, 2.24) is 10.3 Å². The molecule has 0 spiro atoms. The minimum absolute atomic E-state index is 0.0636. The number of benzene rings is 1. The first kappa shape index (κ1) is 16.1. The van der Waals surface area contributed by atoms with Crippen molar-refractivity contribution in [2.24, 2.45) is 5.14 Å². The third-order valence-corrected chi connectivity index (χ3v) is 4.93. The molecule has 5 nitrogen and oxygen atoms in total. The monoisotopic (exact) mass is 325 g/mol.